The maximum Gasteiger partial charge on any atom is 0.158 e. The van der Waals surface area contributed by atoms with Crippen molar-refractivity contribution in [1.82, 2.24) is 19.5 Å². The molecule has 104 valence electrons. The summed E-state index contributed by atoms with van der Waals surface area (Å²) >= 11 is 0. The van der Waals surface area contributed by atoms with Crippen molar-refractivity contribution in [2.24, 2.45) is 0 Å². The predicted molar refractivity (Wildman–Crippen MR) is 88.2 cm³/mol. The third-order valence-corrected chi connectivity index (χ3v) is 4.06. The average Bonchev–Trinajstić information content (AvgIpc) is 3.10. The minimum absolute atomic E-state index is 0.822. The van der Waals surface area contributed by atoms with Crippen LogP contribution in [0.1, 0.15) is 0 Å². The number of nitrogens with zero attached hydrogens (tertiary/aromatic N) is 3. The zero-order chi connectivity index (χ0) is 14.5. The Morgan fingerprint density at radius 3 is 2.50 bits per heavy atom. The van der Waals surface area contributed by atoms with Gasteiger partial charge in [0.2, 0.25) is 0 Å². The van der Waals surface area contributed by atoms with Gasteiger partial charge in [0.05, 0.1) is 10.9 Å². The van der Waals surface area contributed by atoms with E-state index in [2.05, 4.69) is 68.0 Å². The summed E-state index contributed by atoms with van der Waals surface area (Å²) in [7, 11) is 0. The Morgan fingerprint density at radius 1 is 0.818 bits per heavy atom. The molecule has 3 aromatic heterocycles. The first-order valence-corrected chi connectivity index (χ1v) is 7.21. The molecule has 0 aliphatic heterocycles. The van der Waals surface area contributed by atoms with Crippen LogP contribution >= 0.6 is 0 Å². The minimum Gasteiger partial charge on any atom is -0.324 e. The zero-order valence-corrected chi connectivity index (χ0v) is 11.7. The van der Waals surface area contributed by atoms with Crippen LogP contribution in [0, 0.1) is 0 Å². The topological polar surface area (TPSA) is 46.5 Å². The minimum atomic E-state index is 0.822. The van der Waals surface area contributed by atoms with Gasteiger partial charge in [0.1, 0.15) is 11.2 Å². The van der Waals surface area contributed by atoms with Gasteiger partial charge in [0.15, 0.2) is 5.65 Å². The number of aromatic amines is 1. The first-order chi connectivity index (χ1) is 10.9. The van der Waals surface area contributed by atoms with Crippen LogP contribution in [-0.2, 0) is 0 Å². The number of fused-ring (bicyclic) bond motifs is 5. The molecule has 0 unspecified atom stereocenters. The van der Waals surface area contributed by atoms with Crippen LogP contribution in [0.2, 0.25) is 0 Å². The maximum absolute atomic E-state index is 4.52. The van der Waals surface area contributed by atoms with E-state index >= 15 is 0 Å². The fraction of sp³-hybridized carbons (Fsp3) is 0. The fourth-order valence-electron chi connectivity index (χ4n) is 3.17. The molecule has 0 aliphatic rings. The molecule has 0 saturated heterocycles. The largest absolute Gasteiger partial charge is 0.324 e. The molecule has 2 aromatic carbocycles. The summed E-state index contributed by atoms with van der Waals surface area (Å²) in [6, 6.07) is 18.7. The molecule has 3 heterocycles. The van der Waals surface area contributed by atoms with E-state index in [1.165, 1.54) is 10.9 Å². The molecule has 0 bridgehead atoms. The molecule has 5 aromatic rings. The number of nitrogens with one attached hydrogen (secondary N) is 1. The van der Waals surface area contributed by atoms with Crippen molar-refractivity contribution in [2.45, 2.75) is 0 Å². The highest BCUT2D eigenvalue weighted by atomic mass is 15.1. The molecule has 0 saturated carbocycles. The van der Waals surface area contributed by atoms with Gasteiger partial charge in [0, 0.05) is 23.5 Å². The van der Waals surface area contributed by atoms with E-state index < -0.39 is 0 Å². The van der Waals surface area contributed by atoms with E-state index in [-0.39, 0.29) is 0 Å². The van der Waals surface area contributed by atoms with Crippen LogP contribution in [-0.4, -0.2) is 19.5 Å². The van der Waals surface area contributed by atoms with Crippen molar-refractivity contribution >= 4 is 33.1 Å². The summed E-state index contributed by atoms with van der Waals surface area (Å²) in [5, 5.41) is 2.32. The lowest BCUT2D eigenvalue weighted by molar-refractivity contribution is 1.14. The van der Waals surface area contributed by atoms with Crippen LogP contribution < -0.4 is 0 Å². The molecule has 0 radical (unpaired) electrons. The number of aromatic nitrogens is 4. The quantitative estimate of drug-likeness (QED) is 0.504. The molecule has 22 heavy (non-hydrogen) atoms. The number of hydrogen-bond acceptors (Lipinski definition) is 2. The van der Waals surface area contributed by atoms with Gasteiger partial charge in [-0.2, -0.15) is 0 Å². The molecular formula is C18H12N4. The number of para-hydroxylation sites is 2. The smallest absolute Gasteiger partial charge is 0.158 e. The Labute approximate surface area is 126 Å². The van der Waals surface area contributed by atoms with Crippen LogP contribution in [0.15, 0.2) is 67.0 Å². The summed E-state index contributed by atoms with van der Waals surface area (Å²) in [5.41, 5.74) is 5.07. The van der Waals surface area contributed by atoms with Crippen molar-refractivity contribution < 1.29 is 0 Å². The summed E-state index contributed by atoms with van der Waals surface area (Å²) in [4.78, 5) is 12.3. The normalized spacial score (nSPS) is 11.6. The van der Waals surface area contributed by atoms with Crippen molar-refractivity contribution in [1.29, 1.82) is 0 Å². The highest BCUT2D eigenvalue weighted by Crippen LogP contribution is 2.34. The van der Waals surface area contributed by atoms with Crippen LogP contribution in [0.25, 0.3) is 38.8 Å². The van der Waals surface area contributed by atoms with E-state index in [9.17, 15) is 0 Å². The molecule has 4 nitrogen and oxygen atoms in total. The summed E-state index contributed by atoms with van der Waals surface area (Å²) in [6.07, 6.45) is 3.46. The van der Waals surface area contributed by atoms with Crippen molar-refractivity contribution in [3.05, 3.63) is 67.0 Å². The highest BCUT2D eigenvalue weighted by Gasteiger charge is 2.17. The SMILES string of the molecule is c1ccc(-n2c3ccccc3c3c4nccnc4[nH]c32)cc1. The van der Waals surface area contributed by atoms with Gasteiger partial charge in [-0.3, -0.25) is 9.55 Å². The number of benzene rings is 2. The lowest BCUT2D eigenvalue weighted by atomic mass is 10.2. The summed E-state index contributed by atoms with van der Waals surface area (Å²) in [5.74, 6) is 0. The Hall–Kier alpha value is -3.14. The molecule has 0 aliphatic carbocycles. The average molecular weight is 284 g/mol. The number of hydrogen-bond donors (Lipinski definition) is 1. The lowest BCUT2D eigenvalue weighted by Gasteiger charge is -2.05. The van der Waals surface area contributed by atoms with E-state index in [0.717, 1.165) is 27.9 Å². The van der Waals surface area contributed by atoms with Gasteiger partial charge in [-0.25, -0.2) is 4.98 Å². The van der Waals surface area contributed by atoms with Gasteiger partial charge in [-0.1, -0.05) is 36.4 Å². The van der Waals surface area contributed by atoms with Crippen molar-refractivity contribution in [3.63, 3.8) is 0 Å². The monoisotopic (exact) mass is 284 g/mol. The molecule has 0 fully saturated rings. The number of rotatable bonds is 1. The second kappa shape index (κ2) is 4.18. The van der Waals surface area contributed by atoms with Gasteiger partial charge in [-0.05, 0) is 18.2 Å². The molecule has 5 rings (SSSR count). The van der Waals surface area contributed by atoms with Gasteiger partial charge >= 0.3 is 0 Å². The number of H-pyrrole nitrogens is 1. The van der Waals surface area contributed by atoms with Crippen molar-refractivity contribution in [3.8, 4) is 5.69 Å². The second-order valence-corrected chi connectivity index (χ2v) is 5.29. The van der Waals surface area contributed by atoms with Crippen molar-refractivity contribution in [2.75, 3.05) is 0 Å². The molecular weight excluding hydrogens is 272 g/mol. The second-order valence-electron chi connectivity index (χ2n) is 5.29. The van der Waals surface area contributed by atoms with E-state index in [0.29, 0.717) is 0 Å². The Morgan fingerprint density at radius 2 is 1.59 bits per heavy atom. The lowest BCUT2D eigenvalue weighted by Crippen LogP contribution is -1.93. The molecule has 0 spiro atoms. The molecule has 1 N–H and O–H groups in total. The van der Waals surface area contributed by atoms with Gasteiger partial charge < -0.3 is 4.98 Å². The standard InChI is InChI=1S/C18H12N4/c1-2-6-12(7-3-1)22-14-9-5-4-8-13(14)15-16-17(21-18(15)22)20-11-10-19-16/h1-11H,(H,20,21). The van der Waals surface area contributed by atoms with E-state index in [1.54, 1.807) is 12.4 Å². The first kappa shape index (κ1) is 11.5. The van der Waals surface area contributed by atoms with E-state index in [4.69, 9.17) is 0 Å². The maximum atomic E-state index is 4.52. The predicted octanol–water partition coefficient (Wildman–Crippen LogP) is 4.06. The third kappa shape index (κ3) is 1.41. The highest BCUT2D eigenvalue weighted by molar-refractivity contribution is 6.19. The first-order valence-electron chi connectivity index (χ1n) is 7.21. The van der Waals surface area contributed by atoms with Gasteiger partial charge in [-0.15, -0.1) is 0 Å². The Balaban J connectivity index is 2.07. The molecule has 0 atom stereocenters. The Kier molecular flexibility index (Phi) is 2.19. The molecule has 0 amide bonds. The zero-order valence-electron chi connectivity index (χ0n) is 11.7. The Bertz CT molecular complexity index is 1120. The third-order valence-electron chi connectivity index (χ3n) is 4.06. The van der Waals surface area contributed by atoms with E-state index in [1.807, 2.05) is 6.07 Å². The summed E-state index contributed by atoms with van der Waals surface area (Å²) < 4.78 is 2.23. The van der Waals surface area contributed by atoms with Crippen LogP contribution in [0.4, 0.5) is 0 Å². The summed E-state index contributed by atoms with van der Waals surface area (Å²) in [6.45, 7) is 0. The van der Waals surface area contributed by atoms with Gasteiger partial charge in [0.25, 0.3) is 0 Å². The molecule has 4 heteroatoms. The van der Waals surface area contributed by atoms with Crippen LogP contribution in [0.3, 0.4) is 0 Å². The van der Waals surface area contributed by atoms with Crippen LogP contribution in [0.5, 0.6) is 0 Å². The fourth-order valence-corrected chi connectivity index (χ4v) is 3.17.